The highest BCUT2D eigenvalue weighted by Crippen LogP contribution is 2.26. The van der Waals surface area contributed by atoms with E-state index in [1.165, 1.54) is 17.7 Å². The minimum atomic E-state index is 0.0929. The Morgan fingerprint density at radius 2 is 2.30 bits per heavy atom. The second kappa shape index (κ2) is 6.22. The molecule has 106 valence electrons. The van der Waals surface area contributed by atoms with Gasteiger partial charge in [-0.3, -0.25) is 9.48 Å². The zero-order valence-corrected chi connectivity index (χ0v) is 12.2. The molecule has 0 bridgehead atoms. The van der Waals surface area contributed by atoms with Gasteiger partial charge in [0, 0.05) is 29.7 Å². The maximum atomic E-state index is 12.2. The summed E-state index contributed by atoms with van der Waals surface area (Å²) in [5.74, 6) is 0.424. The van der Waals surface area contributed by atoms with Crippen LogP contribution in [0, 0.1) is 5.92 Å². The Labute approximate surface area is 122 Å². The summed E-state index contributed by atoms with van der Waals surface area (Å²) in [5, 5.41) is 9.49. The summed E-state index contributed by atoms with van der Waals surface area (Å²) in [6.45, 7) is 0.609. The van der Waals surface area contributed by atoms with Gasteiger partial charge in [-0.15, -0.1) is 11.3 Å². The van der Waals surface area contributed by atoms with Crippen LogP contribution in [0.25, 0.3) is 0 Å². The average molecular weight is 289 g/mol. The van der Waals surface area contributed by atoms with Gasteiger partial charge in [-0.2, -0.15) is 5.10 Å². The molecule has 2 aromatic rings. The molecular formula is C15H19N3OS. The van der Waals surface area contributed by atoms with Crippen molar-refractivity contribution in [3.05, 3.63) is 40.8 Å². The number of carbonyl (C=O) groups is 1. The van der Waals surface area contributed by atoms with Gasteiger partial charge in [0.15, 0.2) is 0 Å². The number of thiophene rings is 1. The number of nitrogens with one attached hydrogen (secondary N) is 1. The van der Waals surface area contributed by atoms with Crippen LogP contribution in [0.4, 0.5) is 0 Å². The van der Waals surface area contributed by atoms with Gasteiger partial charge < -0.3 is 5.32 Å². The highest BCUT2D eigenvalue weighted by Gasteiger charge is 2.24. The molecule has 1 atom stereocenters. The molecule has 0 aromatic carbocycles. The lowest BCUT2D eigenvalue weighted by atomic mass is 10.1. The third kappa shape index (κ3) is 2.93. The molecule has 1 saturated carbocycles. The molecule has 1 amide bonds. The first-order valence-corrected chi connectivity index (χ1v) is 8.03. The van der Waals surface area contributed by atoms with Gasteiger partial charge in [0.2, 0.25) is 5.91 Å². The average Bonchev–Trinajstić information content (AvgIpc) is 3.22. The van der Waals surface area contributed by atoms with E-state index in [0.717, 1.165) is 12.8 Å². The van der Waals surface area contributed by atoms with Crippen LogP contribution in [-0.4, -0.2) is 22.2 Å². The standard InChI is InChI=1S/C15H19N3OS/c19-15(12-5-1-2-6-12)16-11-13(14-7-3-10-20-14)18-9-4-8-17-18/h3-4,7-10,12-13H,1-2,5-6,11H2,(H,16,19). The van der Waals surface area contributed by atoms with E-state index in [4.69, 9.17) is 0 Å². The van der Waals surface area contributed by atoms with Crippen molar-refractivity contribution >= 4 is 17.2 Å². The summed E-state index contributed by atoms with van der Waals surface area (Å²) in [7, 11) is 0. The Hall–Kier alpha value is -1.62. The molecule has 0 radical (unpaired) electrons. The summed E-state index contributed by atoms with van der Waals surface area (Å²) in [6.07, 6.45) is 8.18. The van der Waals surface area contributed by atoms with Crippen molar-refractivity contribution in [3.63, 3.8) is 0 Å². The third-order valence-corrected chi connectivity index (χ3v) is 4.88. The molecule has 1 N–H and O–H groups in total. The van der Waals surface area contributed by atoms with E-state index in [9.17, 15) is 4.79 Å². The predicted molar refractivity (Wildman–Crippen MR) is 79.7 cm³/mol. The molecule has 20 heavy (non-hydrogen) atoms. The summed E-state index contributed by atoms with van der Waals surface area (Å²) >= 11 is 1.70. The topological polar surface area (TPSA) is 46.9 Å². The van der Waals surface area contributed by atoms with Crippen LogP contribution in [0.2, 0.25) is 0 Å². The second-order valence-corrected chi connectivity index (χ2v) is 6.22. The van der Waals surface area contributed by atoms with Gasteiger partial charge >= 0.3 is 0 Å². The highest BCUT2D eigenvalue weighted by atomic mass is 32.1. The molecule has 3 rings (SSSR count). The van der Waals surface area contributed by atoms with Crippen LogP contribution in [0.1, 0.15) is 36.6 Å². The lowest BCUT2D eigenvalue weighted by Gasteiger charge is -2.18. The van der Waals surface area contributed by atoms with E-state index in [2.05, 4.69) is 21.9 Å². The highest BCUT2D eigenvalue weighted by molar-refractivity contribution is 7.10. The minimum absolute atomic E-state index is 0.0929. The fourth-order valence-corrected chi connectivity index (χ4v) is 3.62. The summed E-state index contributed by atoms with van der Waals surface area (Å²) < 4.78 is 1.92. The van der Waals surface area contributed by atoms with E-state index in [0.29, 0.717) is 6.54 Å². The van der Waals surface area contributed by atoms with Crippen molar-refractivity contribution in [2.24, 2.45) is 5.92 Å². The quantitative estimate of drug-likeness (QED) is 0.920. The number of hydrogen-bond donors (Lipinski definition) is 1. The number of hydrogen-bond acceptors (Lipinski definition) is 3. The fourth-order valence-electron chi connectivity index (χ4n) is 2.80. The van der Waals surface area contributed by atoms with E-state index in [1.807, 2.05) is 23.0 Å². The van der Waals surface area contributed by atoms with Crippen LogP contribution >= 0.6 is 11.3 Å². The maximum absolute atomic E-state index is 12.2. The molecule has 0 spiro atoms. The number of amides is 1. The van der Waals surface area contributed by atoms with Gasteiger partial charge in [-0.1, -0.05) is 18.9 Å². The van der Waals surface area contributed by atoms with Crippen molar-refractivity contribution < 1.29 is 4.79 Å². The Balaban J connectivity index is 1.66. The summed E-state index contributed by atoms with van der Waals surface area (Å²) in [5.41, 5.74) is 0. The van der Waals surface area contributed by atoms with Crippen LogP contribution < -0.4 is 5.32 Å². The lowest BCUT2D eigenvalue weighted by Crippen LogP contribution is -2.34. The van der Waals surface area contributed by atoms with Crippen LogP contribution in [0.3, 0.4) is 0 Å². The number of carbonyl (C=O) groups excluding carboxylic acids is 1. The van der Waals surface area contributed by atoms with Crippen molar-refractivity contribution in [1.29, 1.82) is 0 Å². The molecule has 0 saturated heterocycles. The molecule has 0 aliphatic heterocycles. The maximum Gasteiger partial charge on any atom is 0.223 e. The number of rotatable bonds is 5. The second-order valence-electron chi connectivity index (χ2n) is 5.24. The molecule has 2 heterocycles. The minimum Gasteiger partial charge on any atom is -0.353 e. The number of aromatic nitrogens is 2. The van der Waals surface area contributed by atoms with Crippen LogP contribution in [-0.2, 0) is 4.79 Å². The van der Waals surface area contributed by atoms with Crippen molar-refractivity contribution in [1.82, 2.24) is 15.1 Å². The fraction of sp³-hybridized carbons (Fsp3) is 0.467. The van der Waals surface area contributed by atoms with Gasteiger partial charge in [0.1, 0.15) is 6.04 Å². The Kier molecular flexibility index (Phi) is 4.16. The monoisotopic (exact) mass is 289 g/mol. The first kappa shape index (κ1) is 13.4. The Morgan fingerprint density at radius 3 is 2.95 bits per heavy atom. The van der Waals surface area contributed by atoms with Crippen molar-refractivity contribution in [2.45, 2.75) is 31.7 Å². The first-order chi connectivity index (χ1) is 9.84. The number of nitrogens with zero attached hydrogens (tertiary/aromatic N) is 2. The van der Waals surface area contributed by atoms with E-state index in [1.54, 1.807) is 17.5 Å². The van der Waals surface area contributed by atoms with E-state index in [-0.39, 0.29) is 17.9 Å². The van der Waals surface area contributed by atoms with Gasteiger partial charge in [0.05, 0.1) is 0 Å². The molecule has 1 aliphatic carbocycles. The molecule has 1 fully saturated rings. The third-order valence-electron chi connectivity index (χ3n) is 3.91. The SMILES string of the molecule is O=C(NCC(c1cccs1)n1cccn1)C1CCCC1. The summed E-state index contributed by atoms with van der Waals surface area (Å²) in [4.78, 5) is 13.4. The van der Waals surface area contributed by atoms with Gasteiger partial charge in [0.25, 0.3) is 0 Å². The molecule has 1 unspecified atom stereocenters. The lowest BCUT2D eigenvalue weighted by molar-refractivity contribution is -0.124. The molecule has 1 aliphatic rings. The first-order valence-electron chi connectivity index (χ1n) is 7.15. The van der Waals surface area contributed by atoms with Gasteiger partial charge in [-0.25, -0.2) is 0 Å². The Bertz CT molecular complexity index is 495. The smallest absolute Gasteiger partial charge is 0.223 e. The van der Waals surface area contributed by atoms with E-state index >= 15 is 0 Å². The van der Waals surface area contributed by atoms with Crippen molar-refractivity contribution in [3.8, 4) is 0 Å². The Morgan fingerprint density at radius 1 is 1.45 bits per heavy atom. The van der Waals surface area contributed by atoms with Gasteiger partial charge in [-0.05, 0) is 30.4 Å². The zero-order valence-electron chi connectivity index (χ0n) is 11.4. The van der Waals surface area contributed by atoms with Crippen LogP contribution in [0.15, 0.2) is 36.0 Å². The normalized spacial score (nSPS) is 17.2. The predicted octanol–water partition coefficient (Wildman–Crippen LogP) is 2.84. The zero-order chi connectivity index (χ0) is 13.8. The van der Waals surface area contributed by atoms with E-state index < -0.39 is 0 Å². The van der Waals surface area contributed by atoms with Crippen molar-refractivity contribution in [2.75, 3.05) is 6.54 Å². The largest absolute Gasteiger partial charge is 0.353 e. The molecule has 4 nitrogen and oxygen atoms in total. The molecule has 2 aromatic heterocycles. The molecule has 5 heteroatoms. The van der Waals surface area contributed by atoms with Crippen LogP contribution in [0.5, 0.6) is 0 Å². The summed E-state index contributed by atoms with van der Waals surface area (Å²) in [6, 6.07) is 6.14. The molecular weight excluding hydrogens is 270 g/mol.